The van der Waals surface area contributed by atoms with E-state index in [2.05, 4.69) is 39.9 Å². The summed E-state index contributed by atoms with van der Waals surface area (Å²) in [5.74, 6) is -1.33. The molecule has 2 aromatic carbocycles. The Kier molecular flexibility index (Phi) is 7.77. The summed E-state index contributed by atoms with van der Waals surface area (Å²) in [6.07, 6.45) is 2.22. The van der Waals surface area contributed by atoms with Gasteiger partial charge in [0.15, 0.2) is 0 Å². The van der Waals surface area contributed by atoms with Gasteiger partial charge in [-0.2, -0.15) is 0 Å². The number of aromatic carboxylic acids is 1. The molecule has 2 amide bonds. The average Bonchev–Trinajstić information content (AvgIpc) is 3.45. The molecule has 35 heavy (non-hydrogen) atoms. The van der Waals surface area contributed by atoms with Crippen molar-refractivity contribution in [2.24, 2.45) is 0 Å². The van der Waals surface area contributed by atoms with Crippen LogP contribution in [0.15, 0.2) is 54.7 Å². The summed E-state index contributed by atoms with van der Waals surface area (Å²) in [4.78, 5) is 40.1. The Balaban J connectivity index is 1.30. The number of carbonyl (C=O) groups is 3. The lowest BCUT2D eigenvalue weighted by Crippen LogP contribution is -2.39. The van der Waals surface area contributed by atoms with E-state index in [1.807, 2.05) is 31.2 Å². The van der Waals surface area contributed by atoms with E-state index in [0.717, 1.165) is 40.0 Å². The number of aromatic nitrogens is 1. The minimum atomic E-state index is -1.05. The Bertz CT molecular complexity index is 1180. The molecule has 8 nitrogen and oxygen atoms in total. The van der Waals surface area contributed by atoms with E-state index in [4.69, 9.17) is 9.84 Å². The van der Waals surface area contributed by atoms with Crippen LogP contribution in [0.1, 0.15) is 57.9 Å². The average molecular weight is 494 g/mol. The molecule has 1 aliphatic carbocycles. The highest BCUT2D eigenvalue weighted by Gasteiger charge is 2.29. The predicted octanol–water partition coefficient (Wildman–Crippen LogP) is 4.56. The highest BCUT2D eigenvalue weighted by molar-refractivity contribution is 7.13. The second kappa shape index (κ2) is 11.1. The summed E-state index contributed by atoms with van der Waals surface area (Å²) in [6.45, 7) is 2.33. The highest BCUT2D eigenvalue weighted by Crippen LogP contribution is 2.44. The van der Waals surface area contributed by atoms with Crippen molar-refractivity contribution in [3.8, 4) is 11.1 Å². The maximum absolute atomic E-state index is 12.6. The molecular formula is C26H27N3O5S. The summed E-state index contributed by atoms with van der Waals surface area (Å²) in [5, 5.41) is 15.0. The van der Waals surface area contributed by atoms with Crippen LogP contribution in [0.4, 0.5) is 4.79 Å². The van der Waals surface area contributed by atoms with Crippen LogP contribution in [0.2, 0.25) is 0 Å². The maximum Gasteiger partial charge on any atom is 0.407 e. The quantitative estimate of drug-likeness (QED) is 0.381. The van der Waals surface area contributed by atoms with Crippen LogP contribution in [0.3, 0.4) is 0 Å². The van der Waals surface area contributed by atoms with Gasteiger partial charge in [0.05, 0.1) is 12.7 Å². The minimum absolute atomic E-state index is 0.0323. The Morgan fingerprint density at radius 3 is 2.34 bits per heavy atom. The monoisotopic (exact) mass is 493 g/mol. The summed E-state index contributed by atoms with van der Waals surface area (Å²) in [5.41, 5.74) is 4.60. The first kappa shape index (κ1) is 24.4. The number of nitrogens with one attached hydrogen (secondary N) is 2. The Hall–Kier alpha value is -3.72. The van der Waals surface area contributed by atoms with Gasteiger partial charge in [0.25, 0.3) is 0 Å². The van der Waals surface area contributed by atoms with Crippen LogP contribution in [0.5, 0.6) is 0 Å². The van der Waals surface area contributed by atoms with Crippen LogP contribution in [0, 0.1) is 0 Å². The zero-order valence-electron chi connectivity index (χ0n) is 19.3. The van der Waals surface area contributed by atoms with Gasteiger partial charge in [-0.1, -0.05) is 61.9 Å². The van der Waals surface area contributed by atoms with Gasteiger partial charge in [0.2, 0.25) is 5.91 Å². The number of benzene rings is 2. The third-order valence-electron chi connectivity index (χ3n) is 5.94. The largest absolute Gasteiger partial charge is 0.477 e. The third-order valence-corrected chi connectivity index (χ3v) is 6.92. The van der Waals surface area contributed by atoms with Crippen molar-refractivity contribution in [1.29, 1.82) is 0 Å². The first-order chi connectivity index (χ1) is 17.0. The molecule has 1 aliphatic rings. The molecule has 0 bridgehead atoms. The lowest BCUT2D eigenvalue weighted by Gasteiger charge is -2.19. The predicted molar refractivity (Wildman–Crippen MR) is 132 cm³/mol. The fourth-order valence-electron chi connectivity index (χ4n) is 4.34. The molecule has 0 saturated carbocycles. The number of carboxylic acids is 1. The number of alkyl carbamates (subject to hydrolysis) is 1. The first-order valence-corrected chi connectivity index (χ1v) is 12.3. The van der Waals surface area contributed by atoms with Gasteiger partial charge in [0, 0.05) is 18.4 Å². The summed E-state index contributed by atoms with van der Waals surface area (Å²) < 4.78 is 5.61. The van der Waals surface area contributed by atoms with Gasteiger partial charge in [-0.3, -0.25) is 4.79 Å². The maximum atomic E-state index is 12.6. The van der Waals surface area contributed by atoms with Crippen molar-refractivity contribution in [2.75, 3.05) is 6.61 Å². The van der Waals surface area contributed by atoms with Gasteiger partial charge in [-0.25, -0.2) is 14.6 Å². The van der Waals surface area contributed by atoms with Gasteiger partial charge in [0.1, 0.15) is 16.5 Å². The molecule has 9 heteroatoms. The fraction of sp³-hybridized carbons (Fsp3) is 0.308. The molecule has 0 aliphatic heterocycles. The summed E-state index contributed by atoms with van der Waals surface area (Å²) in [7, 11) is 0. The van der Waals surface area contributed by atoms with E-state index < -0.39 is 12.1 Å². The molecule has 0 saturated heterocycles. The standard InChI is InChI=1S/C26H27N3O5S/c1-2-7-16(12-23(30)27-14-24-28-13-22(35-24)25(31)32)29-26(33)34-15-21-19-10-5-3-8-17(19)18-9-4-6-11-20(18)21/h3-6,8-11,13,16,21H,2,7,12,14-15H2,1H3,(H,27,30)(H,29,33)(H,31,32). The molecule has 0 fully saturated rings. The number of carbonyl (C=O) groups excluding carboxylic acids is 2. The number of hydrogen-bond donors (Lipinski definition) is 3. The van der Waals surface area contributed by atoms with E-state index >= 15 is 0 Å². The van der Waals surface area contributed by atoms with E-state index in [9.17, 15) is 14.4 Å². The Labute approximate surface area is 207 Å². The number of fused-ring (bicyclic) bond motifs is 3. The highest BCUT2D eigenvalue weighted by atomic mass is 32.1. The molecule has 3 N–H and O–H groups in total. The zero-order valence-corrected chi connectivity index (χ0v) is 20.1. The normalized spacial score (nSPS) is 12.9. The molecular weight excluding hydrogens is 466 g/mol. The van der Waals surface area contributed by atoms with Gasteiger partial charge in [-0.15, -0.1) is 11.3 Å². The molecule has 1 heterocycles. The van der Waals surface area contributed by atoms with Crippen LogP contribution < -0.4 is 10.6 Å². The summed E-state index contributed by atoms with van der Waals surface area (Å²) in [6, 6.07) is 15.9. The van der Waals surface area contributed by atoms with Gasteiger partial charge in [-0.05, 0) is 28.7 Å². The number of hydrogen-bond acceptors (Lipinski definition) is 6. The molecule has 1 atom stereocenters. The van der Waals surface area contributed by atoms with Crippen LogP contribution in [-0.4, -0.2) is 40.7 Å². The second-order valence-electron chi connectivity index (χ2n) is 8.36. The smallest absolute Gasteiger partial charge is 0.407 e. The van der Waals surface area contributed by atoms with Crippen molar-refractivity contribution >= 4 is 29.3 Å². The third kappa shape index (κ3) is 5.86. The molecule has 3 aromatic rings. The second-order valence-corrected chi connectivity index (χ2v) is 9.47. The van der Waals surface area contributed by atoms with Crippen molar-refractivity contribution in [2.45, 2.75) is 44.7 Å². The zero-order chi connectivity index (χ0) is 24.8. The molecule has 182 valence electrons. The lowest BCUT2D eigenvalue weighted by atomic mass is 9.98. The Morgan fingerprint density at radius 2 is 1.74 bits per heavy atom. The minimum Gasteiger partial charge on any atom is -0.477 e. The molecule has 0 spiro atoms. The molecule has 1 aromatic heterocycles. The molecule has 4 rings (SSSR count). The van der Waals surface area contributed by atoms with Crippen LogP contribution in [0.25, 0.3) is 11.1 Å². The number of thiazole rings is 1. The van der Waals surface area contributed by atoms with Crippen molar-refractivity contribution in [3.63, 3.8) is 0 Å². The van der Waals surface area contributed by atoms with E-state index in [1.165, 1.54) is 6.20 Å². The fourth-order valence-corrected chi connectivity index (χ4v) is 5.04. The number of ether oxygens (including phenoxy) is 1. The first-order valence-electron chi connectivity index (χ1n) is 11.5. The van der Waals surface area contributed by atoms with Gasteiger partial charge >= 0.3 is 12.1 Å². The molecule has 0 radical (unpaired) electrons. The topological polar surface area (TPSA) is 118 Å². The van der Waals surface area contributed by atoms with E-state index in [-0.39, 0.29) is 42.3 Å². The van der Waals surface area contributed by atoms with Crippen LogP contribution >= 0.6 is 11.3 Å². The van der Waals surface area contributed by atoms with Crippen molar-refractivity contribution < 1.29 is 24.2 Å². The number of rotatable bonds is 10. The van der Waals surface area contributed by atoms with E-state index in [1.54, 1.807) is 0 Å². The Morgan fingerprint density at radius 1 is 1.09 bits per heavy atom. The number of carboxylic acid groups (broad SMARTS) is 1. The number of nitrogens with zero attached hydrogens (tertiary/aromatic N) is 1. The molecule has 1 unspecified atom stereocenters. The lowest BCUT2D eigenvalue weighted by molar-refractivity contribution is -0.121. The van der Waals surface area contributed by atoms with Crippen LogP contribution in [-0.2, 0) is 16.1 Å². The number of amides is 2. The van der Waals surface area contributed by atoms with Crippen molar-refractivity contribution in [1.82, 2.24) is 15.6 Å². The summed E-state index contributed by atoms with van der Waals surface area (Å²) >= 11 is 1.02. The van der Waals surface area contributed by atoms with Crippen molar-refractivity contribution in [3.05, 3.63) is 75.7 Å². The van der Waals surface area contributed by atoms with E-state index in [0.29, 0.717) is 11.4 Å². The van der Waals surface area contributed by atoms with Gasteiger partial charge < -0.3 is 20.5 Å². The SMILES string of the molecule is CCCC(CC(=O)NCc1ncc(C(=O)O)s1)NC(=O)OCC1c2ccccc2-c2ccccc21.